The number of alkyl carbamates (subject to hydrolysis) is 1. The van der Waals surface area contributed by atoms with Gasteiger partial charge in [-0.1, -0.05) is 32.4 Å². The zero-order chi connectivity index (χ0) is 40.8. The molecule has 3 fully saturated rings. The van der Waals surface area contributed by atoms with Gasteiger partial charge in [0.05, 0.1) is 30.0 Å². The van der Waals surface area contributed by atoms with Crippen molar-refractivity contribution in [2.75, 3.05) is 13.7 Å². The number of sulfonamides is 1. The van der Waals surface area contributed by atoms with E-state index in [1.807, 2.05) is 19.1 Å². The Balaban J connectivity index is 1.38. The van der Waals surface area contributed by atoms with Crippen LogP contribution >= 0.6 is 0 Å². The Hall–Kier alpha value is -4.47. The molecule has 4 amide bonds. The summed E-state index contributed by atoms with van der Waals surface area (Å²) in [5.41, 5.74) is -2.42. The first-order valence-corrected chi connectivity index (χ1v) is 20.9. The minimum absolute atomic E-state index is 0.0526. The summed E-state index contributed by atoms with van der Waals surface area (Å²) in [5.74, 6) is -2.82. The molecule has 0 spiro atoms. The van der Waals surface area contributed by atoms with Crippen molar-refractivity contribution in [3.63, 3.8) is 0 Å². The molecule has 56 heavy (non-hydrogen) atoms. The Morgan fingerprint density at radius 3 is 2.54 bits per heavy atom. The molecule has 2 aliphatic heterocycles. The van der Waals surface area contributed by atoms with Crippen LogP contribution in [-0.4, -0.2) is 89.8 Å². The van der Waals surface area contributed by atoms with Crippen molar-refractivity contribution in [3.8, 4) is 11.6 Å². The highest BCUT2D eigenvalue weighted by Gasteiger charge is 2.63. The van der Waals surface area contributed by atoms with Gasteiger partial charge in [0.1, 0.15) is 40.9 Å². The minimum atomic E-state index is -4.03. The zero-order valence-electron chi connectivity index (χ0n) is 33.1. The summed E-state index contributed by atoms with van der Waals surface area (Å²) >= 11 is 0. The van der Waals surface area contributed by atoms with Gasteiger partial charge in [0.2, 0.25) is 27.7 Å². The number of amides is 4. The molecule has 3 N–H and O–H groups in total. The number of allylic oxidation sites excluding steroid dienone is 1. The van der Waals surface area contributed by atoms with Crippen LogP contribution in [0.1, 0.15) is 92.9 Å². The van der Waals surface area contributed by atoms with Gasteiger partial charge in [-0.3, -0.25) is 19.1 Å². The maximum absolute atomic E-state index is 14.9. The van der Waals surface area contributed by atoms with E-state index in [4.69, 9.17) is 14.2 Å². The Labute approximate surface area is 327 Å². The Bertz CT molecular complexity index is 2020. The normalized spacial score (nSPS) is 29.2. The second-order valence-electron chi connectivity index (χ2n) is 17.1. The van der Waals surface area contributed by atoms with Crippen LogP contribution in [0.3, 0.4) is 0 Å². The molecule has 3 heterocycles. The molecule has 0 radical (unpaired) electrons. The lowest BCUT2D eigenvalue weighted by Crippen LogP contribution is -2.59. The van der Waals surface area contributed by atoms with Crippen LogP contribution in [-0.2, 0) is 29.1 Å². The van der Waals surface area contributed by atoms with Gasteiger partial charge in [-0.15, -0.1) is 0 Å². The third-order valence-electron chi connectivity index (χ3n) is 11.6. The quantitative estimate of drug-likeness (QED) is 0.311. The number of aromatic nitrogens is 1. The maximum atomic E-state index is 14.9. The van der Waals surface area contributed by atoms with E-state index in [-0.39, 0.29) is 37.1 Å². The van der Waals surface area contributed by atoms with Gasteiger partial charge < -0.3 is 29.7 Å². The highest BCUT2D eigenvalue weighted by Crippen LogP contribution is 2.48. The predicted molar refractivity (Wildman–Crippen MR) is 206 cm³/mol. The van der Waals surface area contributed by atoms with Gasteiger partial charge in [0.25, 0.3) is 5.91 Å². The highest BCUT2D eigenvalue weighted by molar-refractivity contribution is 7.91. The fourth-order valence-corrected chi connectivity index (χ4v) is 9.14. The molecule has 1 aromatic heterocycles. The molecule has 14 nitrogen and oxygen atoms in total. The average molecular weight is 800 g/mol. The zero-order valence-corrected chi connectivity index (χ0v) is 34.0. The largest absolute Gasteiger partial charge is 0.494 e. The molecular weight excluding hydrogens is 746 g/mol. The molecule has 2 aliphatic carbocycles. The standard InChI is InChI=1S/C40H54FN5O9S/c1-8-24-17-23(2)11-9-10-12-25-20-40(25,36(49)45-56(51,52)39(6)15-16-39)44-33(47)30-19-27(22-46(30)35(48)32(24)43-37(50)55-38(3,4)5)54-34-29-18-26(41)13-14-28(29)31(53-7)21-42-34/h10,12-14,18,21,23-25,27,30,32H,8-9,11,15-17,19-20,22H2,1-7H3,(H,43,50)(H,44,47)(H,45,49)/t23-,24-,25-,27-,30+,32+,40-/m1/s1. The number of nitrogens with zero attached hydrogens (tertiary/aromatic N) is 2. The van der Waals surface area contributed by atoms with Crippen LogP contribution < -0.4 is 24.8 Å². The average Bonchev–Trinajstić information content (AvgIpc) is 4.00. The topological polar surface area (TPSA) is 182 Å². The molecule has 0 bridgehead atoms. The van der Waals surface area contributed by atoms with Crippen molar-refractivity contribution in [2.45, 2.75) is 127 Å². The lowest BCUT2D eigenvalue weighted by molar-refractivity contribution is -0.142. The molecule has 2 aromatic rings. The number of methoxy groups -OCH3 is 1. The van der Waals surface area contributed by atoms with Gasteiger partial charge in [-0.2, -0.15) is 0 Å². The summed E-state index contributed by atoms with van der Waals surface area (Å²) < 4.78 is 59.5. The summed E-state index contributed by atoms with van der Waals surface area (Å²) in [6, 6.07) is 1.80. The predicted octanol–water partition coefficient (Wildman–Crippen LogP) is 4.90. The first-order valence-electron chi connectivity index (χ1n) is 19.4. The van der Waals surface area contributed by atoms with E-state index in [2.05, 4.69) is 27.3 Å². The molecule has 306 valence electrons. The summed E-state index contributed by atoms with van der Waals surface area (Å²) in [5, 5.41) is 6.56. The van der Waals surface area contributed by atoms with Gasteiger partial charge >= 0.3 is 6.09 Å². The number of hydrogen-bond acceptors (Lipinski definition) is 10. The Morgan fingerprint density at radius 1 is 1.14 bits per heavy atom. The lowest BCUT2D eigenvalue weighted by atomic mass is 9.85. The molecule has 0 unspecified atom stereocenters. The van der Waals surface area contributed by atoms with Gasteiger partial charge in [0, 0.05) is 17.7 Å². The molecule has 1 saturated heterocycles. The van der Waals surface area contributed by atoms with Crippen LogP contribution in [0.15, 0.2) is 36.5 Å². The summed E-state index contributed by atoms with van der Waals surface area (Å²) in [4.78, 5) is 62.4. The smallest absolute Gasteiger partial charge is 0.408 e. The van der Waals surface area contributed by atoms with Crippen molar-refractivity contribution in [2.24, 2.45) is 17.8 Å². The monoisotopic (exact) mass is 799 g/mol. The van der Waals surface area contributed by atoms with Crippen molar-refractivity contribution < 1.29 is 46.2 Å². The second-order valence-corrected chi connectivity index (χ2v) is 19.3. The summed E-state index contributed by atoms with van der Waals surface area (Å²) in [7, 11) is -2.56. The number of ether oxygens (including phenoxy) is 3. The first-order chi connectivity index (χ1) is 26.3. The number of hydrogen-bond donors (Lipinski definition) is 3. The molecule has 6 rings (SSSR count). The van der Waals surface area contributed by atoms with Crippen molar-refractivity contribution >= 4 is 44.6 Å². The number of carbonyl (C=O) groups excluding carboxylic acids is 4. The van der Waals surface area contributed by atoms with E-state index in [1.54, 1.807) is 33.8 Å². The number of rotatable bonds is 8. The van der Waals surface area contributed by atoms with Crippen LogP contribution in [0.25, 0.3) is 10.8 Å². The molecule has 1 aromatic carbocycles. The number of pyridine rings is 1. The number of benzene rings is 1. The van der Waals surface area contributed by atoms with Crippen LogP contribution in [0.5, 0.6) is 11.6 Å². The molecular formula is C40H54FN5O9S. The minimum Gasteiger partial charge on any atom is -0.494 e. The molecule has 2 saturated carbocycles. The Morgan fingerprint density at radius 2 is 1.88 bits per heavy atom. The first kappa shape index (κ1) is 41.2. The van der Waals surface area contributed by atoms with Crippen molar-refractivity contribution in [1.29, 1.82) is 0 Å². The highest BCUT2D eigenvalue weighted by atomic mass is 32.2. The third-order valence-corrected chi connectivity index (χ3v) is 13.7. The van der Waals surface area contributed by atoms with E-state index < -0.39 is 79.6 Å². The van der Waals surface area contributed by atoms with E-state index in [1.165, 1.54) is 30.3 Å². The van der Waals surface area contributed by atoms with E-state index in [0.29, 0.717) is 48.6 Å². The molecule has 16 heteroatoms. The third kappa shape index (κ3) is 8.59. The molecule has 4 aliphatic rings. The van der Waals surface area contributed by atoms with Gasteiger partial charge in [-0.25, -0.2) is 22.6 Å². The van der Waals surface area contributed by atoms with Crippen molar-refractivity contribution in [1.82, 2.24) is 25.2 Å². The van der Waals surface area contributed by atoms with Crippen LogP contribution in [0.2, 0.25) is 0 Å². The van der Waals surface area contributed by atoms with Gasteiger partial charge in [-0.05, 0) is 96.3 Å². The fourth-order valence-electron chi connectivity index (χ4n) is 7.83. The van der Waals surface area contributed by atoms with Crippen molar-refractivity contribution in [3.05, 3.63) is 42.4 Å². The molecule has 7 atom stereocenters. The van der Waals surface area contributed by atoms with Crippen LogP contribution in [0, 0.1) is 23.6 Å². The van der Waals surface area contributed by atoms with Crippen LogP contribution in [0.4, 0.5) is 9.18 Å². The fraction of sp³-hybridized carbons (Fsp3) is 0.625. The second kappa shape index (κ2) is 15.5. The summed E-state index contributed by atoms with van der Waals surface area (Å²) in [6.45, 7) is 10.6. The maximum Gasteiger partial charge on any atom is 0.408 e. The number of carbonyl (C=O) groups is 4. The van der Waals surface area contributed by atoms with E-state index >= 15 is 0 Å². The number of fused-ring (bicyclic) bond motifs is 3. The number of nitrogens with one attached hydrogen (secondary N) is 3. The SMILES string of the molecule is CC[C@@H]1C[C@H](C)CCC=C[C@@H]2C[C@@]2(C(=O)NS(=O)(=O)C2(C)CC2)NC(=O)[C@@H]2C[C@@H](Oc3ncc(OC)c4ccc(F)cc34)CN2C(=O)[C@H]1NC(=O)OC(C)(C)C. The Kier molecular flexibility index (Phi) is 11.4. The number of halogens is 1. The van der Waals surface area contributed by atoms with E-state index in [9.17, 15) is 32.0 Å². The van der Waals surface area contributed by atoms with Gasteiger partial charge in [0.15, 0.2) is 0 Å². The summed E-state index contributed by atoms with van der Waals surface area (Å²) in [6.07, 6.45) is 7.08. The lowest BCUT2D eigenvalue weighted by Gasteiger charge is -2.34. The van der Waals surface area contributed by atoms with E-state index in [0.717, 1.165) is 6.42 Å².